The van der Waals surface area contributed by atoms with Crippen LogP contribution in [0.25, 0.3) is 0 Å². The highest BCUT2D eigenvalue weighted by Gasteiger charge is 2.42. The summed E-state index contributed by atoms with van der Waals surface area (Å²) < 4.78 is 2.58. The van der Waals surface area contributed by atoms with Crippen LogP contribution in [0.2, 0.25) is 0 Å². The Balaban J connectivity index is 1.91. The van der Waals surface area contributed by atoms with Crippen molar-refractivity contribution in [2.75, 3.05) is 6.54 Å². The number of nitrogens with one attached hydrogen (secondary N) is 1. The molecule has 0 bridgehead atoms. The minimum absolute atomic E-state index is 0.613. The molecule has 0 atom stereocenters. The number of nitrogens with zero attached hydrogens (tertiary/aromatic N) is 2. The van der Waals surface area contributed by atoms with Gasteiger partial charge in [-0.05, 0) is 31.1 Å². The Bertz CT molecular complexity index is 429. The SMILES string of the molecule is CCCc1nc2c(n1CC1(CC)CC1)CCNC2. The number of aryl methyl sites for hydroxylation is 1. The molecule has 1 aliphatic carbocycles. The minimum Gasteiger partial charge on any atom is -0.331 e. The first kappa shape index (κ1) is 12.2. The Morgan fingerprint density at radius 1 is 1.33 bits per heavy atom. The summed E-state index contributed by atoms with van der Waals surface area (Å²) in [6, 6.07) is 0. The number of imidazole rings is 1. The summed E-state index contributed by atoms with van der Waals surface area (Å²) in [5.41, 5.74) is 3.45. The van der Waals surface area contributed by atoms with E-state index in [4.69, 9.17) is 4.98 Å². The van der Waals surface area contributed by atoms with Crippen molar-refractivity contribution in [2.45, 2.75) is 65.5 Å². The molecule has 0 radical (unpaired) electrons. The van der Waals surface area contributed by atoms with Crippen LogP contribution >= 0.6 is 0 Å². The topological polar surface area (TPSA) is 29.9 Å². The summed E-state index contributed by atoms with van der Waals surface area (Å²) in [4.78, 5) is 4.89. The van der Waals surface area contributed by atoms with Crippen LogP contribution in [-0.4, -0.2) is 16.1 Å². The van der Waals surface area contributed by atoms with E-state index in [-0.39, 0.29) is 0 Å². The van der Waals surface area contributed by atoms with Gasteiger partial charge >= 0.3 is 0 Å². The number of aromatic nitrogens is 2. The number of hydrogen-bond donors (Lipinski definition) is 1. The highest BCUT2D eigenvalue weighted by atomic mass is 15.1. The molecule has 0 aromatic carbocycles. The van der Waals surface area contributed by atoms with Gasteiger partial charge in [0.2, 0.25) is 0 Å². The highest BCUT2D eigenvalue weighted by molar-refractivity contribution is 5.21. The fourth-order valence-electron chi connectivity index (χ4n) is 3.16. The molecule has 3 nitrogen and oxygen atoms in total. The third-order valence-corrected chi connectivity index (χ3v) is 4.74. The largest absolute Gasteiger partial charge is 0.331 e. The first-order chi connectivity index (χ1) is 8.78. The van der Waals surface area contributed by atoms with E-state index in [9.17, 15) is 0 Å². The number of hydrogen-bond acceptors (Lipinski definition) is 2. The lowest BCUT2D eigenvalue weighted by molar-refractivity contribution is 0.391. The Morgan fingerprint density at radius 2 is 2.17 bits per heavy atom. The standard InChI is InChI=1S/C15H25N3/c1-3-5-14-17-12-10-16-9-6-13(12)18(14)11-15(4-2)7-8-15/h16H,3-11H2,1-2H3. The third-order valence-electron chi connectivity index (χ3n) is 4.74. The number of fused-ring (bicyclic) bond motifs is 1. The molecular formula is C15H25N3. The molecular weight excluding hydrogens is 222 g/mol. The third kappa shape index (κ3) is 2.09. The summed E-state index contributed by atoms with van der Waals surface area (Å²) in [6.07, 6.45) is 7.64. The quantitative estimate of drug-likeness (QED) is 0.867. The van der Waals surface area contributed by atoms with E-state index in [0.717, 1.165) is 25.9 Å². The fraction of sp³-hybridized carbons (Fsp3) is 0.800. The van der Waals surface area contributed by atoms with Gasteiger partial charge in [0.25, 0.3) is 0 Å². The van der Waals surface area contributed by atoms with Crippen LogP contribution in [0.15, 0.2) is 0 Å². The van der Waals surface area contributed by atoms with Gasteiger partial charge in [0.1, 0.15) is 5.82 Å². The normalized spacial score (nSPS) is 20.8. The molecule has 18 heavy (non-hydrogen) atoms. The molecule has 1 N–H and O–H groups in total. The maximum absolute atomic E-state index is 4.89. The Kier molecular flexibility index (Phi) is 3.18. The van der Waals surface area contributed by atoms with E-state index >= 15 is 0 Å². The van der Waals surface area contributed by atoms with Crippen molar-refractivity contribution in [1.29, 1.82) is 0 Å². The minimum atomic E-state index is 0.613. The lowest BCUT2D eigenvalue weighted by Crippen LogP contribution is -2.26. The summed E-state index contributed by atoms with van der Waals surface area (Å²) in [5.74, 6) is 1.34. The summed E-state index contributed by atoms with van der Waals surface area (Å²) >= 11 is 0. The summed E-state index contributed by atoms with van der Waals surface area (Å²) in [5, 5.41) is 3.44. The summed E-state index contributed by atoms with van der Waals surface area (Å²) in [6.45, 7) is 7.91. The first-order valence-electron chi connectivity index (χ1n) is 7.56. The molecule has 2 heterocycles. The second kappa shape index (κ2) is 4.69. The molecule has 1 aromatic heterocycles. The van der Waals surface area contributed by atoms with Gasteiger partial charge < -0.3 is 9.88 Å². The molecule has 0 unspecified atom stereocenters. The molecule has 1 aromatic rings. The Labute approximate surface area is 110 Å². The molecule has 0 spiro atoms. The zero-order valence-corrected chi connectivity index (χ0v) is 11.8. The van der Waals surface area contributed by atoms with Crippen molar-refractivity contribution in [3.05, 3.63) is 17.2 Å². The molecule has 0 amide bonds. The van der Waals surface area contributed by atoms with Gasteiger partial charge in [-0.1, -0.05) is 13.8 Å². The van der Waals surface area contributed by atoms with Gasteiger partial charge in [-0.15, -0.1) is 0 Å². The van der Waals surface area contributed by atoms with Gasteiger partial charge in [0, 0.05) is 38.2 Å². The van der Waals surface area contributed by atoms with Crippen molar-refractivity contribution in [3.8, 4) is 0 Å². The maximum Gasteiger partial charge on any atom is 0.109 e. The van der Waals surface area contributed by atoms with Crippen LogP contribution in [0.1, 0.15) is 56.7 Å². The van der Waals surface area contributed by atoms with Gasteiger partial charge in [-0.25, -0.2) is 4.98 Å². The van der Waals surface area contributed by atoms with E-state index in [0.29, 0.717) is 5.41 Å². The second-order valence-corrected chi connectivity index (χ2v) is 6.04. The highest BCUT2D eigenvalue weighted by Crippen LogP contribution is 2.50. The van der Waals surface area contributed by atoms with Gasteiger partial charge in [-0.3, -0.25) is 0 Å². The molecule has 1 aliphatic heterocycles. The lowest BCUT2D eigenvalue weighted by atomic mass is 10.0. The smallest absolute Gasteiger partial charge is 0.109 e. The molecule has 100 valence electrons. The molecule has 3 heteroatoms. The van der Waals surface area contributed by atoms with E-state index in [1.165, 1.54) is 49.4 Å². The number of rotatable bonds is 5. The predicted molar refractivity (Wildman–Crippen MR) is 73.6 cm³/mol. The van der Waals surface area contributed by atoms with Gasteiger partial charge in [0.05, 0.1) is 5.69 Å². The van der Waals surface area contributed by atoms with Crippen molar-refractivity contribution in [3.63, 3.8) is 0 Å². The van der Waals surface area contributed by atoms with Crippen molar-refractivity contribution < 1.29 is 0 Å². The van der Waals surface area contributed by atoms with Gasteiger partial charge in [-0.2, -0.15) is 0 Å². The van der Waals surface area contributed by atoms with Crippen LogP contribution in [-0.2, 0) is 25.9 Å². The Morgan fingerprint density at radius 3 is 2.83 bits per heavy atom. The van der Waals surface area contributed by atoms with Crippen LogP contribution in [0.5, 0.6) is 0 Å². The fourth-order valence-corrected chi connectivity index (χ4v) is 3.16. The van der Waals surface area contributed by atoms with Crippen LogP contribution < -0.4 is 5.32 Å². The zero-order valence-electron chi connectivity index (χ0n) is 11.8. The lowest BCUT2D eigenvalue weighted by Gasteiger charge is -2.20. The van der Waals surface area contributed by atoms with E-state index in [2.05, 4.69) is 23.7 Å². The molecule has 1 fully saturated rings. The van der Waals surface area contributed by atoms with Gasteiger partial charge in [0.15, 0.2) is 0 Å². The monoisotopic (exact) mass is 247 g/mol. The maximum atomic E-state index is 4.89. The van der Waals surface area contributed by atoms with Crippen molar-refractivity contribution in [2.24, 2.45) is 5.41 Å². The van der Waals surface area contributed by atoms with Crippen LogP contribution in [0.3, 0.4) is 0 Å². The summed E-state index contributed by atoms with van der Waals surface area (Å²) in [7, 11) is 0. The van der Waals surface area contributed by atoms with Crippen LogP contribution in [0.4, 0.5) is 0 Å². The van der Waals surface area contributed by atoms with Crippen LogP contribution in [0, 0.1) is 5.41 Å². The van der Waals surface area contributed by atoms with E-state index in [1.54, 1.807) is 0 Å². The molecule has 3 rings (SSSR count). The van der Waals surface area contributed by atoms with Crippen molar-refractivity contribution >= 4 is 0 Å². The molecule has 0 saturated heterocycles. The first-order valence-corrected chi connectivity index (χ1v) is 7.56. The molecule has 2 aliphatic rings. The van der Waals surface area contributed by atoms with E-state index in [1.807, 2.05) is 0 Å². The van der Waals surface area contributed by atoms with E-state index < -0.39 is 0 Å². The van der Waals surface area contributed by atoms with Crippen molar-refractivity contribution in [1.82, 2.24) is 14.9 Å². The zero-order chi connectivity index (χ0) is 12.6. The predicted octanol–water partition coefficient (Wildman–Crippen LogP) is 2.67. The average molecular weight is 247 g/mol. The second-order valence-electron chi connectivity index (χ2n) is 6.04. The Hall–Kier alpha value is -0.830. The average Bonchev–Trinajstić information content (AvgIpc) is 3.09. The molecule has 1 saturated carbocycles.